The van der Waals surface area contributed by atoms with Gasteiger partial charge < -0.3 is 15.4 Å². The van der Waals surface area contributed by atoms with Gasteiger partial charge in [0.05, 0.1) is 18.3 Å². The van der Waals surface area contributed by atoms with E-state index in [0.717, 1.165) is 17.1 Å². The van der Waals surface area contributed by atoms with Crippen LogP contribution in [0.4, 0.5) is 29.2 Å². The van der Waals surface area contributed by atoms with Gasteiger partial charge in [0.15, 0.2) is 0 Å². The van der Waals surface area contributed by atoms with Gasteiger partial charge in [0.1, 0.15) is 5.75 Å². The number of nitrogens with zero attached hydrogens (tertiary/aromatic N) is 4. The predicted molar refractivity (Wildman–Crippen MR) is 134 cm³/mol. The van der Waals surface area contributed by atoms with Crippen LogP contribution >= 0.6 is 23.2 Å². The van der Waals surface area contributed by atoms with Crippen molar-refractivity contribution >= 4 is 58.6 Å². The number of rotatable bonds is 8. The van der Waals surface area contributed by atoms with E-state index in [1.807, 2.05) is 54.6 Å². The van der Waals surface area contributed by atoms with Crippen molar-refractivity contribution in [3.05, 3.63) is 88.4 Å². The minimum absolute atomic E-state index is 0.237. The van der Waals surface area contributed by atoms with E-state index in [1.165, 1.54) is 0 Å². The minimum atomic E-state index is 0.237. The number of hydrogen-bond donors (Lipinski definition) is 3. The highest BCUT2D eigenvalue weighted by Gasteiger charge is 2.08. The third-order valence-electron chi connectivity index (χ3n) is 4.34. The number of para-hydroxylation sites is 1. The van der Waals surface area contributed by atoms with Gasteiger partial charge in [-0.3, -0.25) is 0 Å². The highest BCUT2D eigenvalue weighted by molar-refractivity contribution is 6.36. The molecule has 0 atom stereocenters. The number of ether oxygens (including phenoxy) is 1. The molecule has 8 nitrogen and oxygen atoms in total. The summed E-state index contributed by atoms with van der Waals surface area (Å²) in [5.41, 5.74) is 5.14. The number of aromatic nitrogens is 3. The lowest BCUT2D eigenvalue weighted by atomic mass is 10.2. The molecule has 0 saturated heterocycles. The van der Waals surface area contributed by atoms with Gasteiger partial charge in [0, 0.05) is 22.0 Å². The first-order valence-electron chi connectivity index (χ1n) is 9.82. The van der Waals surface area contributed by atoms with Crippen LogP contribution in [0.5, 0.6) is 5.75 Å². The SMILES string of the molecule is COc1ccc(Nc2nc(N/N=C\c3ccc(Cl)cc3Cl)nc(Nc3ccccc3)n2)cc1. The van der Waals surface area contributed by atoms with E-state index in [2.05, 4.69) is 36.1 Å². The average Bonchev–Trinajstić information content (AvgIpc) is 2.81. The number of hydrogen-bond acceptors (Lipinski definition) is 8. The summed E-state index contributed by atoms with van der Waals surface area (Å²) in [7, 11) is 1.62. The zero-order valence-corrected chi connectivity index (χ0v) is 19.0. The van der Waals surface area contributed by atoms with Crippen LogP contribution in [-0.2, 0) is 0 Å². The molecule has 0 radical (unpaired) electrons. The zero-order chi connectivity index (χ0) is 23.0. The van der Waals surface area contributed by atoms with Crippen LogP contribution in [0.2, 0.25) is 10.0 Å². The Bertz CT molecular complexity index is 1250. The number of hydrazone groups is 1. The highest BCUT2D eigenvalue weighted by atomic mass is 35.5. The molecule has 10 heteroatoms. The van der Waals surface area contributed by atoms with E-state index in [0.29, 0.717) is 27.5 Å². The summed E-state index contributed by atoms with van der Waals surface area (Å²) in [5.74, 6) is 1.66. The molecule has 3 aromatic carbocycles. The van der Waals surface area contributed by atoms with Crippen LogP contribution in [0.3, 0.4) is 0 Å². The normalized spacial score (nSPS) is 10.8. The maximum atomic E-state index is 6.19. The fourth-order valence-corrected chi connectivity index (χ4v) is 3.21. The number of methoxy groups -OCH3 is 1. The van der Waals surface area contributed by atoms with Crippen LogP contribution in [-0.4, -0.2) is 28.3 Å². The van der Waals surface area contributed by atoms with Crippen molar-refractivity contribution in [2.75, 3.05) is 23.2 Å². The molecule has 0 amide bonds. The Balaban J connectivity index is 1.57. The maximum absolute atomic E-state index is 6.19. The highest BCUT2D eigenvalue weighted by Crippen LogP contribution is 2.22. The van der Waals surface area contributed by atoms with Crippen LogP contribution in [0.25, 0.3) is 0 Å². The van der Waals surface area contributed by atoms with Gasteiger partial charge in [0.2, 0.25) is 17.8 Å². The van der Waals surface area contributed by atoms with Crippen molar-refractivity contribution in [2.24, 2.45) is 5.10 Å². The summed E-state index contributed by atoms with van der Waals surface area (Å²) < 4.78 is 5.20. The van der Waals surface area contributed by atoms with E-state index in [-0.39, 0.29) is 5.95 Å². The lowest BCUT2D eigenvalue weighted by molar-refractivity contribution is 0.415. The van der Waals surface area contributed by atoms with Gasteiger partial charge >= 0.3 is 0 Å². The van der Waals surface area contributed by atoms with Gasteiger partial charge in [-0.05, 0) is 48.5 Å². The Morgan fingerprint density at radius 1 is 0.788 bits per heavy atom. The fourth-order valence-electron chi connectivity index (χ4n) is 2.76. The first-order chi connectivity index (χ1) is 16.1. The van der Waals surface area contributed by atoms with Crippen molar-refractivity contribution in [1.29, 1.82) is 0 Å². The van der Waals surface area contributed by atoms with E-state index in [9.17, 15) is 0 Å². The first kappa shape index (κ1) is 22.3. The van der Waals surface area contributed by atoms with Crippen LogP contribution in [0.1, 0.15) is 5.56 Å². The smallest absolute Gasteiger partial charge is 0.250 e. The molecule has 0 fully saturated rings. The standard InChI is InChI=1S/C23H19Cl2N7O/c1-33-19-11-9-18(10-12-19)28-22-29-21(27-17-5-3-2-4-6-17)30-23(31-22)32-26-14-15-7-8-16(24)13-20(15)25/h2-14H,1H3,(H3,27,28,29,30,31,32)/b26-14-. The molecular weight excluding hydrogens is 461 g/mol. The second-order valence-electron chi connectivity index (χ2n) is 6.69. The Morgan fingerprint density at radius 2 is 1.42 bits per heavy atom. The summed E-state index contributed by atoms with van der Waals surface area (Å²) in [4.78, 5) is 13.2. The minimum Gasteiger partial charge on any atom is -0.497 e. The van der Waals surface area contributed by atoms with Crippen molar-refractivity contribution < 1.29 is 4.74 Å². The Kier molecular flexibility index (Phi) is 7.19. The quantitative estimate of drug-likeness (QED) is 0.207. The van der Waals surface area contributed by atoms with E-state index >= 15 is 0 Å². The molecule has 0 unspecified atom stereocenters. The molecule has 0 bridgehead atoms. The molecular formula is C23H19Cl2N7O. The second kappa shape index (κ2) is 10.6. The van der Waals surface area contributed by atoms with E-state index in [4.69, 9.17) is 27.9 Å². The molecule has 4 rings (SSSR count). The van der Waals surface area contributed by atoms with Gasteiger partial charge in [0.25, 0.3) is 0 Å². The molecule has 0 aliphatic heterocycles. The average molecular weight is 480 g/mol. The van der Waals surface area contributed by atoms with Crippen molar-refractivity contribution in [3.63, 3.8) is 0 Å². The maximum Gasteiger partial charge on any atom is 0.250 e. The molecule has 3 N–H and O–H groups in total. The number of nitrogens with one attached hydrogen (secondary N) is 3. The number of benzene rings is 3. The van der Waals surface area contributed by atoms with Crippen LogP contribution < -0.4 is 20.8 Å². The topological polar surface area (TPSA) is 96.4 Å². The monoisotopic (exact) mass is 479 g/mol. The molecule has 0 saturated carbocycles. The Morgan fingerprint density at radius 3 is 2.06 bits per heavy atom. The summed E-state index contributed by atoms with van der Waals surface area (Å²) in [6.07, 6.45) is 1.56. The van der Waals surface area contributed by atoms with Crippen molar-refractivity contribution in [2.45, 2.75) is 0 Å². The number of halogens is 2. The fraction of sp³-hybridized carbons (Fsp3) is 0.0435. The zero-order valence-electron chi connectivity index (χ0n) is 17.5. The van der Waals surface area contributed by atoms with Crippen LogP contribution in [0.15, 0.2) is 77.9 Å². The Labute approximate surface area is 200 Å². The third-order valence-corrected chi connectivity index (χ3v) is 4.90. The largest absolute Gasteiger partial charge is 0.497 e. The molecule has 1 aromatic heterocycles. The van der Waals surface area contributed by atoms with E-state index in [1.54, 1.807) is 31.5 Å². The lowest BCUT2D eigenvalue weighted by Crippen LogP contribution is -2.07. The molecule has 4 aromatic rings. The molecule has 166 valence electrons. The van der Waals surface area contributed by atoms with Crippen LogP contribution in [0, 0.1) is 0 Å². The summed E-state index contributed by atoms with van der Waals surface area (Å²) in [6, 6.07) is 22.1. The molecule has 1 heterocycles. The molecule has 0 aliphatic rings. The van der Waals surface area contributed by atoms with Crippen molar-refractivity contribution in [3.8, 4) is 5.75 Å². The Hall–Kier alpha value is -3.88. The summed E-state index contributed by atoms with van der Waals surface area (Å²) in [5, 5.41) is 11.5. The van der Waals surface area contributed by atoms with Gasteiger partial charge in [-0.2, -0.15) is 20.1 Å². The molecule has 0 aliphatic carbocycles. The lowest BCUT2D eigenvalue weighted by Gasteiger charge is -2.10. The van der Waals surface area contributed by atoms with Gasteiger partial charge in [-0.25, -0.2) is 5.43 Å². The van der Waals surface area contributed by atoms with Gasteiger partial charge in [-0.15, -0.1) is 0 Å². The van der Waals surface area contributed by atoms with E-state index < -0.39 is 0 Å². The predicted octanol–water partition coefficient (Wildman–Crippen LogP) is 6.12. The molecule has 0 spiro atoms. The summed E-state index contributed by atoms with van der Waals surface area (Å²) in [6.45, 7) is 0. The van der Waals surface area contributed by atoms with Gasteiger partial charge in [-0.1, -0.05) is 47.5 Å². The second-order valence-corrected chi connectivity index (χ2v) is 7.53. The summed E-state index contributed by atoms with van der Waals surface area (Å²) >= 11 is 12.1. The van der Waals surface area contributed by atoms with Crippen molar-refractivity contribution in [1.82, 2.24) is 15.0 Å². The first-order valence-corrected chi connectivity index (χ1v) is 10.6. The third kappa shape index (κ3) is 6.31. The molecule has 33 heavy (non-hydrogen) atoms. The number of anilines is 5.